The molecule has 1 aromatic carbocycles. The Kier molecular flexibility index (Phi) is 4.06. The van der Waals surface area contributed by atoms with Gasteiger partial charge in [-0.25, -0.2) is 0 Å². The Balaban J connectivity index is 1.53. The van der Waals surface area contributed by atoms with Gasteiger partial charge in [0.05, 0.1) is 0 Å². The topological polar surface area (TPSA) is 78.0 Å². The van der Waals surface area contributed by atoms with Crippen LogP contribution in [0.1, 0.15) is 34.1 Å². The predicted octanol–water partition coefficient (Wildman–Crippen LogP) is 2.36. The Morgan fingerprint density at radius 2 is 2.00 bits per heavy atom. The van der Waals surface area contributed by atoms with Crippen LogP contribution in [-0.2, 0) is 0 Å². The van der Waals surface area contributed by atoms with E-state index in [0.717, 1.165) is 35.6 Å². The first kappa shape index (κ1) is 16.5. The molecule has 1 atom stereocenters. The predicted molar refractivity (Wildman–Crippen MR) is 100 cm³/mol. The summed E-state index contributed by atoms with van der Waals surface area (Å²) in [5.74, 6) is 0.311. The number of carbonyl (C=O) groups excluding carboxylic acids is 1. The van der Waals surface area contributed by atoms with Crippen molar-refractivity contribution in [3.8, 4) is 0 Å². The van der Waals surface area contributed by atoms with Gasteiger partial charge in [-0.05, 0) is 43.7 Å². The first-order valence-electron chi connectivity index (χ1n) is 8.77. The lowest BCUT2D eigenvalue weighted by molar-refractivity contribution is 0.0791. The summed E-state index contributed by atoms with van der Waals surface area (Å²) in [6.45, 7) is 3.45. The molecule has 1 aliphatic heterocycles. The highest BCUT2D eigenvalue weighted by molar-refractivity contribution is 5.97. The molecular weight excluding hydrogens is 328 g/mol. The Hall–Kier alpha value is -2.96. The Labute approximate surface area is 152 Å². The SMILES string of the molecule is Cc1cc(N(C)C)cc([C@H]2CCN(C(=O)c3ccc4n[nH]nc4c3)C2)n1. The number of H-pyrrole nitrogens is 1. The van der Waals surface area contributed by atoms with Crippen molar-refractivity contribution in [2.75, 3.05) is 32.1 Å². The van der Waals surface area contributed by atoms with Gasteiger partial charge in [-0.15, -0.1) is 0 Å². The van der Waals surface area contributed by atoms with Crippen molar-refractivity contribution in [3.05, 3.63) is 47.3 Å². The zero-order chi connectivity index (χ0) is 18.3. The van der Waals surface area contributed by atoms with Crippen LogP contribution in [0.5, 0.6) is 0 Å². The van der Waals surface area contributed by atoms with Gasteiger partial charge in [0.1, 0.15) is 11.0 Å². The molecule has 0 radical (unpaired) electrons. The Morgan fingerprint density at radius 3 is 2.81 bits per heavy atom. The van der Waals surface area contributed by atoms with E-state index in [1.807, 2.05) is 38.1 Å². The number of benzene rings is 1. The molecule has 0 spiro atoms. The molecular formula is C19H22N6O. The molecule has 1 fully saturated rings. The fourth-order valence-electron chi connectivity index (χ4n) is 3.48. The molecule has 7 nitrogen and oxygen atoms in total. The molecule has 0 saturated carbocycles. The molecule has 3 aromatic rings. The van der Waals surface area contributed by atoms with Gasteiger partial charge in [-0.3, -0.25) is 9.78 Å². The van der Waals surface area contributed by atoms with Gasteiger partial charge >= 0.3 is 0 Å². The van der Waals surface area contributed by atoms with Crippen molar-refractivity contribution in [1.82, 2.24) is 25.3 Å². The summed E-state index contributed by atoms with van der Waals surface area (Å²) in [6, 6.07) is 9.64. The third-order valence-corrected chi connectivity index (χ3v) is 4.93. The molecule has 1 amide bonds. The summed E-state index contributed by atoms with van der Waals surface area (Å²) in [6.07, 6.45) is 0.932. The molecule has 2 aromatic heterocycles. The van der Waals surface area contributed by atoms with Crippen molar-refractivity contribution in [2.24, 2.45) is 0 Å². The maximum Gasteiger partial charge on any atom is 0.253 e. The number of aromatic amines is 1. The zero-order valence-electron chi connectivity index (χ0n) is 15.2. The monoisotopic (exact) mass is 350 g/mol. The van der Waals surface area contributed by atoms with Gasteiger partial charge in [-0.2, -0.15) is 15.4 Å². The third kappa shape index (κ3) is 3.00. The number of nitrogens with one attached hydrogen (secondary N) is 1. The van der Waals surface area contributed by atoms with Crippen LogP contribution < -0.4 is 4.90 Å². The number of carbonyl (C=O) groups is 1. The second-order valence-corrected chi connectivity index (χ2v) is 7.05. The number of aromatic nitrogens is 4. The molecule has 0 aliphatic carbocycles. The number of aryl methyl sites for hydroxylation is 1. The molecule has 4 rings (SSSR count). The fraction of sp³-hybridized carbons (Fsp3) is 0.368. The number of anilines is 1. The van der Waals surface area contributed by atoms with E-state index in [0.29, 0.717) is 17.6 Å². The number of hydrogen-bond acceptors (Lipinski definition) is 5. The molecule has 3 heterocycles. The second-order valence-electron chi connectivity index (χ2n) is 7.05. The molecule has 0 unspecified atom stereocenters. The van der Waals surface area contributed by atoms with Gasteiger partial charge < -0.3 is 9.80 Å². The van der Waals surface area contributed by atoms with Crippen LogP contribution >= 0.6 is 0 Å². The smallest absolute Gasteiger partial charge is 0.253 e. The summed E-state index contributed by atoms with van der Waals surface area (Å²) in [7, 11) is 4.06. The lowest BCUT2D eigenvalue weighted by Gasteiger charge is -2.18. The van der Waals surface area contributed by atoms with Gasteiger partial charge in [0.15, 0.2) is 0 Å². The molecule has 134 valence electrons. The van der Waals surface area contributed by atoms with E-state index in [4.69, 9.17) is 4.98 Å². The number of pyridine rings is 1. The summed E-state index contributed by atoms with van der Waals surface area (Å²) in [5.41, 5.74) is 5.35. The quantitative estimate of drug-likeness (QED) is 0.784. The van der Waals surface area contributed by atoms with Gasteiger partial charge in [-0.1, -0.05) is 0 Å². The minimum Gasteiger partial charge on any atom is -0.378 e. The summed E-state index contributed by atoms with van der Waals surface area (Å²) < 4.78 is 0. The van der Waals surface area contributed by atoms with Crippen molar-refractivity contribution < 1.29 is 4.79 Å². The van der Waals surface area contributed by atoms with Crippen LogP contribution in [0.3, 0.4) is 0 Å². The highest BCUT2D eigenvalue weighted by Gasteiger charge is 2.29. The Morgan fingerprint density at radius 1 is 1.19 bits per heavy atom. The van der Waals surface area contributed by atoms with Crippen LogP contribution in [-0.4, -0.2) is 58.4 Å². The van der Waals surface area contributed by atoms with E-state index in [1.165, 1.54) is 0 Å². The number of hydrogen-bond donors (Lipinski definition) is 1. The van der Waals surface area contributed by atoms with E-state index in [-0.39, 0.29) is 11.8 Å². The molecule has 7 heteroatoms. The van der Waals surface area contributed by atoms with Crippen molar-refractivity contribution in [2.45, 2.75) is 19.3 Å². The van der Waals surface area contributed by atoms with Crippen LogP contribution in [0.4, 0.5) is 5.69 Å². The number of amides is 1. The van der Waals surface area contributed by atoms with E-state index < -0.39 is 0 Å². The van der Waals surface area contributed by atoms with Crippen molar-refractivity contribution >= 4 is 22.6 Å². The standard InChI is InChI=1S/C19H22N6O/c1-12-8-15(24(2)3)10-17(20-12)14-6-7-25(11-14)19(26)13-4-5-16-18(9-13)22-23-21-16/h4-5,8-10,14H,6-7,11H2,1-3H3,(H,21,22,23)/t14-/m0/s1. The minimum absolute atomic E-state index is 0.0397. The van der Waals surface area contributed by atoms with Crippen molar-refractivity contribution in [1.29, 1.82) is 0 Å². The van der Waals surface area contributed by atoms with E-state index in [2.05, 4.69) is 32.4 Å². The van der Waals surface area contributed by atoms with Crippen LogP contribution in [0.15, 0.2) is 30.3 Å². The normalized spacial score (nSPS) is 17.0. The first-order valence-corrected chi connectivity index (χ1v) is 8.77. The van der Waals surface area contributed by atoms with Crippen molar-refractivity contribution in [3.63, 3.8) is 0 Å². The van der Waals surface area contributed by atoms with E-state index in [1.54, 1.807) is 6.07 Å². The number of nitrogens with zero attached hydrogens (tertiary/aromatic N) is 5. The van der Waals surface area contributed by atoms with Crippen LogP contribution in [0.25, 0.3) is 11.0 Å². The lowest BCUT2D eigenvalue weighted by atomic mass is 10.0. The molecule has 26 heavy (non-hydrogen) atoms. The highest BCUT2D eigenvalue weighted by atomic mass is 16.2. The van der Waals surface area contributed by atoms with Gasteiger partial charge in [0.2, 0.25) is 0 Å². The maximum absolute atomic E-state index is 12.9. The average molecular weight is 350 g/mol. The minimum atomic E-state index is 0.0397. The van der Waals surface area contributed by atoms with E-state index >= 15 is 0 Å². The van der Waals surface area contributed by atoms with Crippen LogP contribution in [0.2, 0.25) is 0 Å². The molecule has 1 saturated heterocycles. The molecule has 0 bridgehead atoms. The number of likely N-dealkylation sites (tertiary alicyclic amines) is 1. The Bertz CT molecular complexity index is 964. The zero-order valence-corrected chi connectivity index (χ0v) is 15.2. The summed E-state index contributed by atoms with van der Waals surface area (Å²) >= 11 is 0. The largest absolute Gasteiger partial charge is 0.378 e. The molecule has 1 aliphatic rings. The average Bonchev–Trinajstić information content (AvgIpc) is 3.29. The number of rotatable bonds is 3. The summed E-state index contributed by atoms with van der Waals surface area (Å²) in [5, 5.41) is 10.7. The van der Waals surface area contributed by atoms with Gasteiger partial charge in [0.25, 0.3) is 5.91 Å². The number of fused-ring (bicyclic) bond motifs is 1. The third-order valence-electron chi connectivity index (χ3n) is 4.93. The fourth-order valence-corrected chi connectivity index (χ4v) is 3.48. The maximum atomic E-state index is 12.9. The van der Waals surface area contributed by atoms with Gasteiger partial charge in [0, 0.05) is 55.7 Å². The highest BCUT2D eigenvalue weighted by Crippen LogP contribution is 2.29. The van der Waals surface area contributed by atoms with E-state index in [9.17, 15) is 4.79 Å². The molecule has 1 N–H and O–H groups in total. The second kappa shape index (κ2) is 6.40. The lowest BCUT2D eigenvalue weighted by Crippen LogP contribution is -2.28. The first-order chi connectivity index (χ1) is 12.5. The summed E-state index contributed by atoms with van der Waals surface area (Å²) in [4.78, 5) is 21.6. The van der Waals surface area contributed by atoms with Crippen LogP contribution in [0, 0.1) is 6.92 Å².